The molecule has 0 aliphatic heterocycles. The maximum atomic E-state index is 12.9. The van der Waals surface area contributed by atoms with Gasteiger partial charge < -0.3 is 15.7 Å². The molecule has 0 heterocycles. The molecule has 4 aliphatic rings. The second-order valence-corrected chi connectivity index (χ2v) is 9.32. The topological polar surface area (TPSA) is 66.6 Å². The lowest BCUT2D eigenvalue weighted by molar-refractivity contribution is -0.171. The third kappa shape index (κ3) is 3.39. The van der Waals surface area contributed by atoms with Crippen LogP contribution in [0.25, 0.3) is 0 Å². The van der Waals surface area contributed by atoms with Crippen molar-refractivity contribution in [3.05, 3.63) is 34.9 Å². The monoisotopic (exact) mass is 376 g/mol. The SMILES string of the molecule is C[C@H](N)C(=O)N(CCc1ccc(Cl)cc1)C1C2CC3CC1CC(O)(C3)C2. The van der Waals surface area contributed by atoms with E-state index in [9.17, 15) is 9.90 Å². The summed E-state index contributed by atoms with van der Waals surface area (Å²) in [5.41, 5.74) is 6.69. The van der Waals surface area contributed by atoms with E-state index in [1.54, 1.807) is 6.92 Å². The molecule has 0 spiro atoms. The molecule has 4 aliphatic carbocycles. The molecular formula is C21H29ClN2O2. The molecule has 5 rings (SSSR count). The Balaban J connectivity index is 1.54. The van der Waals surface area contributed by atoms with Gasteiger partial charge in [0.15, 0.2) is 0 Å². The van der Waals surface area contributed by atoms with E-state index in [1.807, 2.05) is 24.3 Å². The highest BCUT2D eigenvalue weighted by Crippen LogP contribution is 2.57. The normalized spacial score (nSPS) is 36.2. The first kappa shape index (κ1) is 18.3. The second-order valence-electron chi connectivity index (χ2n) is 8.88. The lowest BCUT2D eigenvalue weighted by atomic mass is 9.52. The van der Waals surface area contributed by atoms with Gasteiger partial charge in [0.05, 0.1) is 11.6 Å². The van der Waals surface area contributed by atoms with E-state index in [0.717, 1.165) is 43.5 Å². The average Bonchev–Trinajstić information content (AvgIpc) is 2.56. The summed E-state index contributed by atoms with van der Waals surface area (Å²) in [5.74, 6) is 1.51. The third-order valence-corrected chi connectivity index (χ3v) is 7.03. The standard InChI is InChI=1S/C21H29ClN2O2/c1-13(23)20(25)24(7-6-14-2-4-18(22)5-3-14)19-16-8-15-9-17(19)12-21(26,10-15)11-16/h2-5,13,15-17,19,26H,6-12,23H2,1H3/t13-,15?,16?,17?,19?,21?/m0/s1. The van der Waals surface area contributed by atoms with Crippen molar-refractivity contribution >= 4 is 17.5 Å². The number of aliphatic hydroxyl groups is 1. The molecule has 4 bridgehead atoms. The summed E-state index contributed by atoms with van der Waals surface area (Å²) in [4.78, 5) is 15.0. The first-order valence-electron chi connectivity index (χ1n) is 9.87. The van der Waals surface area contributed by atoms with Gasteiger partial charge in [-0.3, -0.25) is 4.79 Å². The van der Waals surface area contributed by atoms with E-state index in [-0.39, 0.29) is 11.9 Å². The number of carbonyl (C=O) groups is 1. The molecule has 1 amide bonds. The summed E-state index contributed by atoms with van der Waals surface area (Å²) in [7, 11) is 0. The zero-order chi connectivity index (χ0) is 18.5. The molecule has 4 saturated carbocycles. The molecule has 3 N–H and O–H groups in total. The number of amides is 1. The van der Waals surface area contributed by atoms with Gasteiger partial charge >= 0.3 is 0 Å². The van der Waals surface area contributed by atoms with Crippen molar-refractivity contribution < 1.29 is 9.90 Å². The van der Waals surface area contributed by atoms with Gasteiger partial charge in [-0.1, -0.05) is 23.7 Å². The van der Waals surface area contributed by atoms with Crippen LogP contribution in [0.4, 0.5) is 0 Å². The van der Waals surface area contributed by atoms with Crippen LogP contribution < -0.4 is 5.73 Å². The molecule has 26 heavy (non-hydrogen) atoms. The Morgan fingerprint density at radius 3 is 2.42 bits per heavy atom. The molecule has 0 saturated heterocycles. The zero-order valence-electron chi connectivity index (χ0n) is 15.4. The van der Waals surface area contributed by atoms with E-state index in [0.29, 0.717) is 24.3 Å². The average molecular weight is 377 g/mol. The highest BCUT2D eigenvalue weighted by molar-refractivity contribution is 6.30. The van der Waals surface area contributed by atoms with Crippen molar-refractivity contribution in [3.63, 3.8) is 0 Å². The van der Waals surface area contributed by atoms with E-state index in [2.05, 4.69) is 4.90 Å². The maximum Gasteiger partial charge on any atom is 0.239 e. The largest absolute Gasteiger partial charge is 0.390 e. The molecule has 2 unspecified atom stereocenters. The van der Waals surface area contributed by atoms with Gasteiger partial charge in [-0.05, 0) is 80.9 Å². The van der Waals surface area contributed by atoms with E-state index >= 15 is 0 Å². The maximum absolute atomic E-state index is 12.9. The van der Waals surface area contributed by atoms with Crippen LogP contribution in [0.1, 0.15) is 44.6 Å². The fourth-order valence-electron chi connectivity index (χ4n) is 6.03. The molecule has 4 fully saturated rings. The highest BCUT2D eigenvalue weighted by atomic mass is 35.5. The number of nitrogens with zero attached hydrogens (tertiary/aromatic N) is 1. The van der Waals surface area contributed by atoms with Gasteiger partial charge in [-0.2, -0.15) is 0 Å². The molecule has 142 valence electrons. The van der Waals surface area contributed by atoms with Gasteiger partial charge in [-0.15, -0.1) is 0 Å². The highest BCUT2D eigenvalue weighted by Gasteiger charge is 2.56. The van der Waals surface area contributed by atoms with Crippen molar-refractivity contribution in [2.45, 2.75) is 63.1 Å². The van der Waals surface area contributed by atoms with Gasteiger partial charge in [0.25, 0.3) is 0 Å². The molecule has 1 aromatic rings. The van der Waals surface area contributed by atoms with Crippen LogP contribution >= 0.6 is 11.6 Å². The van der Waals surface area contributed by atoms with Gasteiger partial charge in [-0.25, -0.2) is 0 Å². The Morgan fingerprint density at radius 2 is 1.88 bits per heavy atom. The molecule has 5 heteroatoms. The van der Waals surface area contributed by atoms with Crippen LogP contribution in [0, 0.1) is 17.8 Å². The summed E-state index contributed by atoms with van der Waals surface area (Å²) in [6, 6.07) is 7.59. The smallest absolute Gasteiger partial charge is 0.239 e. The molecule has 3 atom stereocenters. The molecule has 4 nitrogen and oxygen atoms in total. The number of nitrogens with two attached hydrogens (primary N) is 1. The lowest BCUT2D eigenvalue weighted by Gasteiger charge is -2.60. The zero-order valence-corrected chi connectivity index (χ0v) is 16.2. The molecular weight excluding hydrogens is 348 g/mol. The fourth-order valence-corrected chi connectivity index (χ4v) is 6.16. The molecule has 1 aromatic carbocycles. The van der Waals surface area contributed by atoms with E-state index in [1.165, 1.54) is 5.56 Å². The van der Waals surface area contributed by atoms with Crippen LogP contribution in [0.15, 0.2) is 24.3 Å². The Hall–Kier alpha value is -1.10. The van der Waals surface area contributed by atoms with Crippen molar-refractivity contribution in [3.8, 4) is 0 Å². The van der Waals surface area contributed by atoms with Crippen LogP contribution in [0.3, 0.4) is 0 Å². The minimum atomic E-state index is -0.486. The summed E-state index contributed by atoms with van der Waals surface area (Å²) in [6.07, 6.45) is 5.74. The van der Waals surface area contributed by atoms with Crippen LogP contribution in [-0.2, 0) is 11.2 Å². The number of benzene rings is 1. The summed E-state index contributed by atoms with van der Waals surface area (Å²) < 4.78 is 0. The third-order valence-electron chi connectivity index (χ3n) is 6.78. The first-order valence-corrected chi connectivity index (χ1v) is 10.3. The summed E-state index contributed by atoms with van der Waals surface area (Å²) in [5, 5.41) is 11.6. The van der Waals surface area contributed by atoms with Crippen molar-refractivity contribution in [2.24, 2.45) is 23.5 Å². The number of rotatable bonds is 5. The number of halogens is 1. The number of carbonyl (C=O) groups excluding carboxylic acids is 1. The van der Waals surface area contributed by atoms with Crippen molar-refractivity contribution in [1.82, 2.24) is 4.90 Å². The first-order chi connectivity index (χ1) is 12.3. The summed E-state index contributed by atoms with van der Waals surface area (Å²) >= 11 is 5.98. The van der Waals surface area contributed by atoms with E-state index < -0.39 is 11.6 Å². The van der Waals surface area contributed by atoms with Gasteiger partial charge in [0, 0.05) is 17.6 Å². The van der Waals surface area contributed by atoms with Gasteiger partial charge in [0.1, 0.15) is 0 Å². The minimum Gasteiger partial charge on any atom is -0.390 e. The number of hydrogen-bond donors (Lipinski definition) is 2. The Morgan fingerprint density at radius 1 is 1.27 bits per heavy atom. The predicted molar refractivity (Wildman–Crippen MR) is 103 cm³/mol. The van der Waals surface area contributed by atoms with Crippen molar-refractivity contribution in [1.29, 1.82) is 0 Å². The Kier molecular flexibility index (Phi) is 4.79. The Labute approximate surface area is 160 Å². The predicted octanol–water partition coefficient (Wildman–Crippen LogP) is 3.00. The van der Waals surface area contributed by atoms with Crippen LogP contribution in [-0.4, -0.2) is 40.1 Å². The molecule has 0 aromatic heterocycles. The molecule has 0 radical (unpaired) electrons. The quantitative estimate of drug-likeness (QED) is 0.830. The second kappa shape index (κ2) is 6.81. The minimum absolute atomic E-state index is 0.0448. The number of hydrogen-bond acceptors (Lipinski definition) is 3. The van der Waals surface area contributed by atoms with Crippen LogP contribution in [0.5, 0.6) is 0 Å². The Bertz CT molecular complexity index is 659. The van der Waals surface area contributed by atoms with Gasteiger partial charge in [0.2, 0.25) is 5.91 Å². The van der Waals surface area contributed by atoms with Crippen LogP contribution in [0.2, 0.25) is 5.02 Å². The summed E-state index contributed by atoms with van der Waals surface area (Å²) in [6.45, 7) is 2.46. The fraction of sp³-hybridized carbons (Fsp3) is 0.667. The van der Waals surface area contributed by atoms with Crippen molar-refractivity contribution in [2.75, 3.05) is 6.54 Å². The lowest BCUT2D eigenvalue weighted by Crippen LogP contribution is -2.64. The van der Waals surface area contributed by atoms with E-state index in [4.69, 9.17) is 17.3 Å².